The van der Waals surface area contributed by atoms with Gasteiger partial charge in [-0.15, -0.1) is 0 Å². The Hall–Kier alpha value is -0.650. The zero-order chi connectivity index (χ0) is 17.6. The van der Waals surface area contributed by atoms with Crippen molar-refractivity contribution in [2.75, 3.05) is 32.8 Å². The fraction of sp³-hybridized carbons (Fsp3) is 0.944. The van der Waals surface area contributed by atoms with Crippen molar-refractivity contribution in [3.63, 3.8) is 0 Å². The molecule has 0 spiro atoms. The lowest BCUT2D eigenvalue weighted by molar-refractivity contribution is -0.165. The second-order valence-corrected chi connectivity index (χ2v) is 8.01. The molecule has 0 aliphatic carbocycles. The highest BCUT2D eigenvalue weighted by molar-refractivity contribution is 5.76. The molecule has 1 rings (SSSR count). The third-order valence-corrected chi connectivity index (χ3v) is 4.52. The summed E-state index contributed by atoms with van der Waals surface area (Å²) >= 11 is 0. The Bertz CT molecular complexity index is 362. The van der Waals surface area contributed by atoms with Gasteiger partial charge in [-0.1, -0.05) is 27.7 Å². The molecule has 0 aromatic heterocycles. The van der Waals surface area contributed by atoms with Crippen molar-refractivity contribution in [2.24, 2.45) is 17.3 Å². The molecule has 136 valence electrons. The van der Waals surface area contributed by atoms with E-state index in [9.17, 15) is 9.90 Å². The number of esters is 1. The van der Waals surface area contributed by atoms with Gasteiger partial charge in [0.2, 0.25) is 0 Å². The molecule has 23 heavy (non-hydrogen) atoms. The molecule has 0 unspecified atom stereocenters. The van der Waals surface area contributed by atoms with Gasteiger partial charge in [-0.25, -0.2) is 0 Å². The van der Waals surface area contributed by atoms with Gasteiger partial charge in [0, 0.05) is 26.1 Å². The van der Waals surface area contributed by atoms with Crippen LogP contribution in [0.3, 0.4) is 0 Å². The highest BCUT2D eigenvalue weighted by Crippen LogP contribution is 2.24. The van der Waals surface area contributed by atoms with Crippen molar-refractivity contribution in [2.45, 2.75) is 60.2 Å². The van der Waals surface area contributed by atoms with E-state index < -0.39 is 11.5 Å². The summed E-state index contributed by atoms with van der Waals surface area (Å²) in [5.41, 5.74) is -0.562. The van der Waals surface area contributed by atoms with Crippen LogP contribution in [0.4, 0.5) is 0 Å². The number of ether oxygens (including phenoxy) is 2. The third kappa shape index (κ3) is 6.77. The fourth-order valence-corrected chi connectivity index (χ4v) is 2.65. The van der Waals surface area contributed by atoms with Crippen LogP contribution in [0.15, 0.2) is 0 Å². The third-order valence-electron chi connectivity index (χ3n) is 4.52. The van der Waals surface area contributed by atoms with Crippen molar-refractivity contribution in [3.05, 3.63) is 0 Å². The maximum Gasteiger partial charge on any atom is 0.313 e. The summed E-state index contributed by atoms with van der Waals surface area (Å²) in [5, 5.41) is 10.1. The molecule has 0 aromatic carbocycles. The first kappa shape index (κ1) is 20.4. The van der Waals surface area contributed by atoms with Gasteiger partial charge in [0.1, 0.15) is 6.10 Å². The van der Waals surface area contributed by atoms with E-state index in [1.807, 2.05) is 41.5 Å². The molecule has 1 N–H and O–H groups in total. The van der Waals surface area contributed by atoms with Crippen LogP contribution in [0.2, 0.25) is 0 Å². The standard InChI is InChI=1S/C18H35NO4/c1-13(2)15(20)11-16(14(3)4)23-17(21)18(5,6)12-19-7-9-22-10-8-19/h13-16,20H,7-12H2,1-6H3/t15-,16-/m0/s1. The first-order valence-corrected chi connectivity index (χ1v) is 8.82. The number of hydrogen-bond donors (Lipinski definition) is 1. The average Bonchev–Trinajstić information content (AvgIpc) is 2.46. The minimum atomic E-state index is -0.562. The Kier molecular flexibility index (Phi) is 7.98. The van der Waals surface area contributed by atoms with Crippen molar-refractivity contribution >= 4 is 5.97 Å². The monoisotopic (exact) mass is 329 g/mol. The molecule has 2 atom stereocenters. The van der Waals surface area contributed by atoms with Crippen LogP contribution in [0.25, 0.3) is 0 Å². The summed E-state index contributed by atoms with van der Waals surface area (Å²) in [6, 6.07) is 0. The van der Waals surface area contributed by atoms with Gasteiger partial charge >= 0.3 is 5.97 Å². The zero-order valence-corrected chi connectivity index (χ0v) is 15.7. The van der Waals surface area contributed by atoms with E-state index in [1.54, 1.807) is 0 Å². The number of aliphatic hydroxyl groups is 1. The molecule has 1 fully saturated rings. The molecule has 0 amide bonds. The minimum Gasteiger partial charge on any atom is -0.462 e. The Morgan fingerprint density at radius 3 is 2.22 bits per heavy atom. The Morgan fingerprint density at radius 1 is 1.17 bits per heavy atom. The fourth-order valence-electron chi connectivity index (χ4n) is 2.65. The molecule has 1 heterocycles. The maximum atomic E-state index is 12.6. The van der Waals surface area contributed by atoms with Gasteiger partial charge in [-0.05, 0) is 25.7 Å². The van der Waals surface area contributed by atoms with Gasteiger partial charge in [-0.2, -0.15) is 0 Å². The molecule has 1 aliphatic heterocycles. The SMILES string of the molecule is CC(C)[C@H](C[C@H](O)C(C)C)OC(=O)C(C)(C)CN1CCOCC1. The first-order chi connectivity index (χ1) is 10.6. The number of aliphatic hydroxyl groups excluding tert-OH is 1. The van der Waals surface area contributed by atoms with Gasteiger partial charge in [0.15, 0.2) is 0 Å². The van der Waals surface area contributed by atoms with Gasteiger partial charge < -0.3 is 14.6 Å². The van der Waals surface area contributed by atoms with Crippen LogP contribution in [0.5, 0.6) is 0 Å². The van der Waals surface area contributed by atoms with Gasteiger partial charge in [0.25, 0.3) is 0 Å². The number of carbonyl (C=O) groups is 1. The Morgan fingerprint density at radius 2 is 1.74 bits per heavy atom. The van der Waals surface area contributed by atoms with Crippen LogP contribution in [-0.2, 0) is 14.3 Å². The summed E-state index contributed by atoms with van der Waals surface area (Å²) in [7, 11) is 0. The second-order valence-electron chi connectivity index (χ2n) is 8.01. The number of hydrogen-bond acceptors (Lipinski definition) is 5. The molecule has 0 bridgehead atoms. The molecule has 0 aromatic rings. The largest absolute Gasteiger partial charge is 0.462 e. The van der Waals surface area contributed by atoms with E-state index in [0.717, 1.165) is 26.3 Å². The summed E-state index contributed by atoms with van der Waals surface area (Å²) in [6.07, 6.45) is -0.198. The maximum absolute atomic E-state index is 12.6. The predicted molar refractivity (Wildman–Crippen MR) is 91.2 cm³/mol. The van der Waals surface area contributed by atoms with Gasteiger partial charge in [-0.3, -0.25) is 9.69 Å². The molecule has 1 saturated heterocycles. The van der Waals surface area contributed by atoms with E-state index in [4.69, 9.17) is 9.47 Å². The van der Waals surface area contributed by atoms with Crippen LogP contribution in [0.1, 0.15) is 48.0 Å². The van der Waals surface area contributed by atoms with E-state index in [0.29, 0.717) is 13.0 Å². The number of morpholine rings is 1. The zero-order valence-electron chi connectivity index (χ0n) is 15.7. The topological polar surface area (TPSA) is 59.0 Å². The second kappa shape index (κ2) is 9.00. The Balaban J connectivity index is 2.61. The highest BCUT2D eigenvalue weighted by atomic mass is 16.5. The van der Waals surface area contributed by atoms with Crippen LogP contribution in [-0.4, -0.2) is 61.0 Å². The lowest BCUT2D eigenvalue weighted by Gasteiger charge is -2.35. The quantitative estimate of drug-likeness (QED) is 0.693. The van der Waals surface area contributed by atoms with Gasteiger partial charge in [0.05, 0.1) is 24.7 Å². The van der Waals surface area contributed by atoms with Crippen LogP contribution >= 0.6 is 0 Å². The lowest BCUT2D eigenvalue weighted by Crippen LogP contribution is -2.46. The van der Waals surface area contributed by atoms with Crippen molar-refractivity contribution in [1.29, 1.82) is 0 Å². The first-order valence-electron chi connectivity index (χ1n) is 8.82. The molecule has 0 saturated carbocycles. The molecule has 1 aliphatic rings. The molecule has 5 nitrogen and oxygen atoms in total. The molecule has 0 radical (unpaired) electrons. The minimum absolute atomic E-state index is 0.163. The van der Waals surface area contributed by atoms with E-state index in [-0.39, 0.29) is 23.9 Å². The number of carbonyl (C=O) groups excluding carboxylic acids is 1. The summed E-state index contributed by atoms with van der Waals surface area (Å²) < 4.78 is 11.1. The summed E-state index contributed by atoms with van der Waals surface area (Å²) in [5.74, 6) is 0.168. The molecular weight excluding hydrogens is 294 g/mol. The summed E-state index contributed by atoms with van der Waals surface area (Å²) in [4.78, 5) is 14.9. The van der Waals surface area contributed by atoms with E-state index in [2.05, 4.69) is 4.90 Å². The lowest BCUT2D eigenvalue weighted by atomic mass is 9.91. The summed E-state index contributed by atoms with van der Waals surface area (Å²) in [6.45, 7) is 15.7. The smallest absolute Gasteiger partial charge is 0.313 e. The highest BCUT2D eigenvalue weighted by Gasteiger charge is 2.35. The van der Waals surface area contributed by atoms with Crippen molar-refractivity contribution in [1.82, 2.24) is 4.90 Å². The van der Waals surface area contributed by atoms with Crippen molar-refractivity contribution in [3.8, 4) is 0 Å². The van der Waals surface area contributed by atoms with E-state index >= 15 is 0 Å². The Labute approximate surface area is 141 Å². The van der Waals surface area contributed by atoms with Crippen LogP contribution < -0.4 is 0 Å². The molecular formula is C18H35NO4. The average molecular weight is 329 g/mol. The normalized spacial score (nSPS) is 19.9. The molecule has 5 heteroatoms. The predicted octanol–water partition coefficient (Wildman–Crippen LogP) is 2.32. The number of nitrogens with zero attached hydrogens (tertiary/aromatic N) is 1. The number of rotatable bonds is 8. The van der Waals surface area contributed by atoms with E-state index in [1.165, 1.54) is 0 Å². The van der Waals surface area contributed by atoms with Crippen LogP contribution in [0, 0.1) is 17.3 Å². The van der Waals surface area contributed by atoms with Crippen molar-refractivity contribution < 1.29 is 19.4 Å².